The number of rotatable bonds is 4. The molecular weight excluding hydrogens is 374 g/mol. The van der Waals surface area contributed by atoms with Crippen LogP contribution in [0.15, 0.2) is 41.3 Å². The van der Waals surface area contributed by atoms with Gasteiger partial charge in [0.15, 0.2) is 21.4 Å². The summed E-state index contributed by atoms with van der Waals surface area (Å²) >= 11 is 5.78. The smallest absolute Gasteiger partial charge is 0.186 e. The Morgan fingerprint density at radius 3 is 2.40 bits per heavy atom. The van der Waals surface area contributed by atoms with E-state index in [2.05, 4.69) is 0 Å². The molecular formula is C17H13ClF2O4S. The van der Waals surface area contributed by atoms with Gasteiger partial charge in [-0.3, -0.25) is 0 Å². The van der Waals surface area contributed by atoms with Crippen molar-refractivity contribution in [1.82, 2.24) is 0 Å². The van der Waals surface area contributed by atoms with Crippen LogP contribution in [-0.4, -0.2) is 21.3 Å². The molecule has 3 rings (SSSR count). The van der Waals surface area contributed by atoms with Crippen molar-refractivity contribution >= 4 is 27.7 Å². The van der Waals surface area contributed by atoms with Gasteiger partial charge in [-0.25, -0.2) is 17.2 Å². The van der Waals surface area contributed by atoms with Crippen LogP contribution >= 0.6 is 11.6 Å². The topological polar surface area (TPSA) is 60.4 Å². The highest BCUT2D eigenvalue weighted by molar-refractivity contribution is 7.91. The normalized spacial score (nSPS) is 19.8. The molecule has 4 nitrogen and oxygen atoms in total. The Morgan fingerprint density at radius 1 is 1.12 bits per heavy atom. The van der Waals surface area contributed by atoms with E-state index in [-0.39, 0.29) is 23.5 Å². The van der Waals surface area contributed by atoms with Crippen LogP contribution in [-0.2, 0) is 14.6 Å². The monoisotopic (exact) mass is 386 g/mol. The minimum Gasteiger partial charge on any atom is -0.490 e. The first kappa shape index (κ1) is 17.8. The molecule has 0 amide bonds. The number of hydrogen-bond acceptors (Lipinski definition) is 4. The average Bonchev–Trinajstić information content (AvgIpc) is 2.58. The lowest BCUT2D eigenvalue weighted by Gasteiger charge is -2.32. The van der Waals surface area contributed by atoms with Gasteiger partial charge in [-0.1, -0.05) is 11.6 Å². The molecule has 1 aliphatic heterocycles. The molecule has 2 aromatic carbocycles. The van der Waals surface area contributed by atoms with Crippen molar-refractivity contribution in [2.45, 2.75) is 16.6 Å². The quantitative estimate of drug-likeness (QED) is 0.751. The highest BCUT2D eigenvalue weighted by Gasteiger charge is 2.43. The Balaban J connectivity index is 2.22. The number of benzene rings is 2. The third-order valence-electron chi connectivity index (χ3n) is 4.12. The zero-order chi connectivity index (χ0) is 18.2. The summed E-state index contributed by atoms with van der Waals surface area (Å²) in [7, 11) is -4.11. The van der Waals surface area contributed by atoms with E-state index >= 15 is 0 Å². The van der Waals surface area contributed by atoms with Crippen molar-refractivity contribution in [1.29, 1.82) is 0 Å². The van der Waals surface area contributed by atoms with Crippen LogP contribution in [0.1, 0.15) is 17.2 Å². The van der Waals surface area contributed by atoms with E-state index in [1.165, 1.54) is 24.3 Å². The highest BCUT2D eigenvalue weighted by Crippen LogP contribution is 2.46. The van der Waals surface area contributed by atoms with Gasteiger partial charge >= 0.3 is 0 Å². The molecule has 8 heteroatoms. The summed E-state index contributed by atoms with van der Waals surface area (Å²) in [5.74, 6) is -3.00. The molecule has 1 heterocycles. The fourth-order valence-electron chi connectivity index (χ4n) is 2.97. The zero-order valence-corrected chi connectivity index (χ0v) is 14.4. The molecule has 0 N–H and O–H groups in total. The van der Waals surface area contributed by atoms with Crippen molar-refractivity contribution in [3.63, 3.8) is 0 Å². The van der Waals surface area contributed by atoms with Crippen molar-refractivity contribution in [2.24, 2.45) is 5.92 Å². The average molecular weight is 387 g/mol. The summed E-state index contributed by atoms with van der Waals surface area (Å²) in [5, 5.41) is -1.09. The summed E-state index contributed by atoms with van der Waals surface area (Å²) in [6, 6.07) is 7.10. The Bertz CT molecular complexity index is 913. The zero-order valence-electron chi connectivity index (χ0n) is 12.8. The Hall–Kier alpha value is -1.99. The molecule has 0 aliphatic carbocycles. The number of hydrogen-bond donors (Lipinski definition) is 0. The number of aldehydes is 1. The highest BCUT2D eigenvalue weighted by atomic mass is 35.5. The molecule has 2 aromatic rings. The van der Waals surface area contributed by atoms with Crippen LogP contribution < -0.4 is 4.74 Å². The molecule has 0 spiro atoms. The van der Waals surface area contributed by atoms with Crippen LogP contribution in [0.4, 0.5) is 8.78 Å². The van der Waals surface area contributed by atoms with E-state index < -0.39 is 38.4 Å². The fraction of sp³-hybridized carbons (Fsp3) is 0.235. The lowest BCUT2D eigenvalue weighted by molar-refractivity contribution is -0.109. The van der Waals surface area contributed by atoms with Crippen molar-refractivity contribution in [2.75, 3.05) is 6.61 Å². The summed E-state index contributed by atoms with van der Waals surface area (Å²) in [4.78, 5) is 10.9. The maximum Gasteiger partial charge on any atom is 0.186 e. The second kappa shape index (κ2) is 6.72. The Kier molecular flexibility index (Phi) is 4.79. The molecule has 132 valence electrons. The lowest BCUT2D eigenvalue weighted by atomic mass is 9.93. The maximum atomic E-state index is 14.4. The van der Waals surface area contributed by atoms with Gasteiger partial charge in [-0.15, -0.1) is 0 Å². The predicted molar refractivity (Wildman–Crippen MR) is 87.4 cm³/mol. The van der Waals surface area contributed by atoms with Crippen molar-refractivity contribution in [3.05, 3.63) is 58.6 Å². The standard InChI is InChI=1S/C17H13ClF2O4S/c18-11-1-3-12(4-2-11)25(22,23)17-10(7-8-21)9-24-16-14(20)6-5-13(19)15(16)17/h1-6,8,10,17H,7,9H2/t10-,17+/m0/s1. The molecule has 1 aliphatic rings. The number of sulfone groups is 1. The summed E-state index contributed by atoms with van der Waals surface area (Å²) in [5.41, 5.74) is -0.381. The van der Waals surface area contributed by atoms with E-state index in [4.69, 9.17) is 16.3 Å². The molecule has 0 fully saturated rings. The molecule has 0 saturated carbocycles. The first-order chi connectivity index (χ1) is 11.9. The van der Waals surface area contributed by atoms with Gasteiger partial charge in [-0.2, -0.15) is 0 Å². The lowest BCUT2D eigenvalue weighted by Crippen LogP contribution is -2.33. The van der Waals surface area contributed by atoms with E-state index in [0.29, 0.717) is 11.3 Å². The van der Waals surface area contributed by atoms with E-state index in [1.54, 1.807) is 0 Å². The number of ether oxygens (including phenoxy) is 1. The molecule has 0 unspecified atom stereocenters. The predicted octanol–water partition coefficient (Wildman–Crippen LogP) is 3.73. The minimum atomic E-state index is -4.11. The first-order valence-corrected chi connectivity index (χ1v) is 9.32. The summed E-state index contributed by atoms with van der Waals surface area (Å²) in [6.45, 7) is -0.205. The number of carbonyl (C=O) groups excluding carboxylic acids is 1. The number of carbonyl (C=O) groups is 1. The van der Waals surface area contributed by atoms with Crippen molar-refractivity contribution in [3.8, 4) is 5.75 Å². The second-order valence-corrected chi connectivity index (χ2v) is 8.17. The number of halogens is 3. The molecule has 0 radical (unpaired) electrons. The van der Waals surface area contributed by atoms with Gasteiger partial charge in [0.1, 0.15) is 17.4 Å². The van der Waals surface area contributed by atoms with E-state index in [0.717, 1.165) is 12.1 Å². The van der Waals surface area contributed by atoms with Crippen LogP contribution in [0.3, 0.4) is 0 Å². The van der Waals surface area contributed by atoms with Gasteiger partial charge in [0.25, 0.3) is 0 Å². The van der Waals surface area contributed by atoms with Crippen molar-refractivity contribution < 1.29 is 26.7 Å². The van der Waals surface area contributed by atoms with Gasteiger partial charge in [0.05, 0.1) is 17.1 Å². The minimum absolute atomic E-state index is 0.0886. The Morgan fingerprint density at radius 2 is 1.76 bits per heavy atom. The molecule has 2 atom stereocenters. The fourth-order valence-corrected chi connectivity index (χ4v) is 5.13. The van der Waals surface area contributed by atoms with Gasteiger partial charge in [-0.05, 0) is 36.4 Å². The first-order valence-electron chi connectivity index (χ1n) is 7.40. The maximum absolute atomic E-state index is 14.4. The van der Waals surface area contributed by atoms with E-state index in [9.17, 15) is 22.0 Å². The summed E-state index contributed by atoms with van der Waals surface area (Å²) < 4.78 is 59.8. The SMILES string of the molecule is O=CC[C@H]1COc2c(F)ccc(F)c2[C@@H]1S(=O)(=O)c1ccc(Cl)cc1. The van der Waals surface area contributed by atoms with E-state index in [1.807, 2.05) is 0 Å². The third-order valence-corrected chi connectivity index (χ3v) is 6.60. The molecule has 0 saturated heterocycles. The van der Waals surface area contributed by atoms with Crippen LogP contribution in [0.5, 0.6) is 5.75 Å². The second-order valence-electron chi connectivity index (χ2n) is 5.66. The molecule has 0 aromatic heterocycles. The number of fused-ring (bicyclic) bond motifs is 1. The van der Waals surface area contributed by atoms with Crippen LogP contribution in [0.25, 0.3) is 0 Å². The van der Waals surface area contributed by atoms with Gasteiger partial charge in [0.2, 0.25) is 0 Å². The van der Waals surface area contributed by atoms with Gasteiger partial charge < -0.3 is 9.53 Å². The van der Waals surface area contributed by atoms with Crippen LogP contribution in [0.2, 0.25) is 5.02 Å². The largest absolute Gasteiger partial charge is 0.490 e. The molecule has 0 bridgehead atoms. The van der Waals surface area contributed by atoms with Crippen LogP contribution in [0, 0.1) is 17.6 Å². The Labute approximate surface area is 148 Å². The third kappa shape index (κ3) is 3.14. The molecule has 25 heavy (non-hydrogen) atoms. The summed E-state index contributed by atoms with van der Waals surface area (Å²) in [6.07, 6.45) is 0.382. The van der Waals surface area contributed by atoms with Gasteiger partial charge in [0, 0.05) is 17.4 Å².